The van der Waals surface area contributed by atoms with Gasteiger partial charge in [-0.1, -0.05) is 31.5 Å². The second-order valence-electron chi connectivity index (χ2n) is 6.38. The first-order chi connectivity index (χ1) is 11.4. The van der Waals surface area contributed by atoms with E-state index < -0.39 is 0 Å². The molecular formula is C18H26ClFN2O2. The van der Waals surface area contributed by atoms with Gasteiger partial charge in [-0.3, -0.25) is 9.69 Å². The van der Waals surface area contributed by atoms with Crippen LogP contribution in [0.2, 0.25) is 5.02 Å². The lowest BCUT2D eigenvalue weighted by molar-refractivity contribution is -0.125. The molecule has 0 radical (unpaired) electrons. The van der Waals surface area contributed by atoms with Crippen molar-refractivity contribution in [2.75, 3.05) is 26.2 Å². The third-order valence-corrected chi connectivity index (χ3v) is 4.91. The van der Waals surface area contributed by atoms with Gasteiger partial charge in [0.25, 0.3) is 0 Å². The first-order valence-electron chi connectivity index (χ1n) is 8.51. The predicted molar refractivity (Wildman–Crippen MR) is 93.6 cm³/mol. The lowest BCUT2D eigenvalue weighted by atomic mass is 10.0. The number of ether oxygens (including phenoxy) is 1. The minimum Gasteiger partial charge on any atom is -0.376 e. The summed E-state index contributed by atoms with van der Waals surface area (Å²) in [7, 11) is 0. The summed E-state index contributed by atoms with van der Waals surface area (Å²) < 4.78 is 20.0. The van der Waals surface area contributed by atoms with Gasteiger partial charge in [0.1, 0.15) is 5.82 Å². The summed E-state index contributed by atoms with van der Waals surface area (Å²) in [6.07, 6.45) is 0.836. The van der Waals surface area contributed by atoms with E-state index in [1.807, 2.05) is 20.8 Å². The maximum absolute atomic E-state index is 14.4. The SMILES string of the molecule is CCC(C)C(=O)NCC(c1c(F)cccc1Cl)N1CCOC(C)C1. The first kappa shape index (κ1) is 19.2. The van der Waals surface area contributed by atoms with Crippen LogP contribution in [0.4, 0.5) is 4.39 Å². The Morgan fingerprint density at radius 3 is 2.92 bits per heavy atom. The van der Waals surface area contributed by atoms with Gasteiger partial charge in [-0.25, -0.2) is 4.39 Å². The molecule has 0 bridgehead atoms. The highest BCUT2D eigenvalue weighted by Crippen LogP contribution is 2.31. The van der Waals surface area contributed by atoms with E-state index in [4.69, 9.17) is 16.3 Å². The summed E-state index contributed by atoms with van der Waals surface area (Å²) in [6.45, 7) is 8.12. The van der Waals surface area contributed by atoms with Crippen LogP contribution in [0.5, 0.6) is 0 Å². The molecule has 0 aromatic heterocycles. The number of carbonyl (C=O) groups is 1. The molecule has 1 heterocycles. The van der Waals surface area contributed by atoms with Gasteiger partial charge in [-0.05, 0) is 25.5 Å². The van der Waals surface area contributed by atoms with E-state index >= 15 is 0 Å². The zero-order chi connectivity index (χ0) is 17.7. The molecule has 3 unspecified atom stereocenters. The van der Waals surface area contributed by atoms with Crippen molar-refractivity contribution in [1.82, 2.24) is 10.2 Å². The van der Waals surface area contributed by atoms with E-state index in [1.165, 1.54) is 6.07 Å². The van der Waals surface area contributed by atoms with E-state index in [1.54, 1.807) is 12.1 Å². The molecule has 1 amide bonds. The van der Waals surface area contributed by atoms with Crippen molar-refractivity contribution in [2.24, 2.45) is 5.92 Å². The maximum Gasteiger partial charge on any atom is 0.222 e. The number of carbonyl (C=O) groups excluding carboxylic acids is 1. The van der Waals surface area contributed by atoms with Gasteiger partial charge in [-0.15, -0.1) is 0 Å². The van der Waals surface area contributed by atoms with Gasteiger partial charge in [0, 0.05) is 36.1 Å². The topological polar surface area (TPSA) is 41.6 Å². The monoisotopic (exact) mass is 356 g/mol. The molecule has 134 valence electrons. The van der Waals surface area contributed by atoms with Crippen molar-refractivity contribution >= 4 is 17.5 Å². The van der Waals surface area contributed by atoms with Crippen molar-refractivity contribution in [3.8, 4) is 0 Å². The predicted octanol–water partition coefficient (Wildman–Crippen LogP) is 3.40. The number of morpholine rings is 1. The molecular weight excluding hydrogens is 331 g/mol. The maximum atomic E-state index is 14.4. The molecule has 2 rings (SSSR count). The highest BCUT2D eigenvalue weighted by atomic mass is 35.5. The molecule has 0 spiro atoms. The average molecular weight is 357 g/mol. The minimum absolute atomic E-state index is 0.0173. The van der Waals surface area contributed by atoms with Crippen LogP contribution in [0, 0.1) is 11.7 Å². The molecule has 1 saturated heterocycles. The Morgan fingerprint density at radius 2 is 2.29 bits per heavy atom. The molecule has 1 aromatic rings. The molecule has 1 aromatic carbocycles. The Kier molecular flexibility index (Phi) is 7.02. The van der Waals surface area contributed by atoms with Gasteiger partial charge >= 0.3 is 0 Å². The lowest BCUT2D eigenvalue weighted by Gasteiger charge is -2.38. The van der Waals surface area contributed by atoms with Crippen molar-refractivity contribution in [2.45, 2.75) is 39.3 Å². The van der Waals surface area contributed by atoms with Crippen LogP contribution in [-0.4, -0.2) is 43.2 Å². The fourth-order valence-corrected chi connectivity index (χ4v) is 3.22. The van der Waals surface area contributed by atoms with Crippen LogP contribution in [-0.2, 0) is 9.53 Å². The van der Waals surface area contributed by atoms with Crippen LogP contribution in [0.15, 0.2) is 18.2 Å². The Bertz CT molecular complexity index is 550. The standard InChI is InChI=1S/C18H26ClFN2O2/c1-4-12(2)18(23)21-10-16(22-8-9-24-13(3)11-22)17-14(19)6-5-7-15(17)20/h5-7,12-13,16H,4,8-11H2,1-3H3,(H,21,23). The summed E-state index contributed by atoms with van der Waals surface area (Å²) in [6, 6.07) is 4.39. The summed E-state index contributed by atoms with van der Waals surface area (Å²) in [4.78, 5) is 14.3. The summed E-state index contributed by atoms with van der Waals surface area (Å²) >= 11 is 6.27. The third-order valence-electron chi connectivity index (χ3n) is 4.58. The Labute approximate surface area is 148 Å². The van der Waals surface area contributed by atoms with Gasteiger partial charge in [0.15, 0.2) is 0 Å². The van der Waals surface area contributed by atoms with Gasteiger partial charge < -0.3 is 10.1 Å². The van der Waals surface area contributed by atoms with Crippen molar-refractivity contribution in [1.29, 1.82) is 0 Å². The second kappa shape index (κ2) is 8.79. The third kappa shape index (κ3) is 4.68. The fraction of sp³-hybridized carbons (Fsp3) is 0.611. The van der Waals surface area contributed by atoms with Crippen molar-refractivity contribution in [3.63, 3.8) is 0 Å². The van der Waals surface area contributed by atoms with Gasteiger partial charge in [-0.2, -0.15) is 0 Å². The van der Waals surface area contributed by atoms with E-state index in [2.05, 4.69) is 10.2 Å². The summed E-state index contributed by atoms with van der Waals surface area (Å²) in [5.74, 6) is -0.425. The molecule has 0 saturated carbocycles. The molecule has 1 N–H and O–H groups in total. The number of nitrogens with one attached hydrogen (secondary N) is 1. The molecule has 1 aliphatic rings. The first-order valence-corrected chi connectivity index (χ1v) is 8.89. The smallest absolute Gasteiger partial charge is 0.222 e. The molecule has 1 aliphatic heterocycles. The molecule has 0 aliphatic carbocycles. The fourth-order valence-electron chi connectivity index (χ4n) is 2.93. The largest absolute Gasteiger partial charge is 0.376 e. The number of rotatable bonds is 6. The zero-order valence-corrected chi connectivity index (χ0v) is 15.3. The quantitative estimate of drug-likeness (QED) is 0.849. The minimum atomic E-state index is -0.343. The van der Waals surface area contributed by atoms with Gasteiger partial charge in [0.2, 0.25) is 5.91 Å². The highest BCUT2D eigenvalue weighted by Gasteiger charge is 2.29. The van der Waals surface area contributed by atoms with Crippen molar-refractivity contribution in [3.05, 3.63) is 34.6 Å². The van der Waals surface area contributed by atoms with E-state index in [9.17, 15) is 9.18 Å². The van der Waals surface area contributed by atoms with E-state index in [-0.39, 0.29) is 29.8 Å². The van der Waals surface area contributed by atoms with Crippen molar-refractivity contribution < 1.29 is 13.9 Å². The number of nitrogens with zero attached hydrogens (tertiary/aromatic N) is 1. The number of amides is 1. The molecule has 6 heteroatoms. The Balaban J connectivity index is 2.23. The molecule has 4 nitrogen and oxygen atoms in total. The second-order valence-corrected chi connectivity index (χ2v) is 6.79. The molecule has 1 fully saturated rings. The van der Waals surface area contributed by atoms with E-state index in [0.29, 0.717) is 36.8 Å². The summed E-state index contributed by atoms with van der Waals surface area (Å²) in [5.41, 5.74) is 0.442. The van der Waals surface area contributed by atoms with E-state index in [0.717, 1.165) is 6.42 Å². The van der Waals surface area contributed by atoms with Crippen LogP contribution >= 0.6 is 11.6 Å². The van der Waals surface area contributed by atoms with Gasteiger partial charge in [0.05, 0.1) is 18.8 Å². The average Bonchev–Trinajstić information content (AvgIpc) is 2.56. The lowest BCUT2D eigenvalue weighted by Crippen LogP contribution is -2.47. The Morgan fingerprint density at radius 1 is 1.54 bits per heavy atom. The van der Waals surface area contributed by atoms with Crippen LogP contribution < -0.4 is 5.32 Å². The zero-order valence-electron chi connectivity index (χ0n) is 14.5. The number of hydrogen-bond donors (Lipinski definition) is 1. The summed E-state index contributed by atoms with van der Waals surface area (Å²) in [5, 5.41) is 3.34. The molecule has 24 heavy (non-hydrogen) atoms. The van der Waals surface area contributed by atoms with Crippen LogP contribution in [0.25, 0.3) is 0 Å². The highest BCUT2D eigenvalue weighted by molar-refractivity contribution is 6.31. The molecule has 3 atom stereocenters. The normalized spacial score (nSPS) is 21.3. The Hall–Kier alpha value is -1.17. The van der Waals surface area contributed by atoms with Crippen LogP contribution in [0.3, 0.4) is 0 Å². The number of benzene rings is 1. The number of hydrogen-bond acceptors (Lipinski definition) is 3. The number of halogens is 2. The van der Waals surface area contributed by atoms with Crippen LogP contribution in [0.1, 0.15) is 38.8 Å².